The Bertz CT molecular complexity index is 1130. The highest BCUT2D eigenvalue weighted by Gasteiger charge is 2.28. The van der Waals surface area contributed by atoms with Gasteiger partial charge in [0.15, 0.2) is 0 Å². The van der Waals surface area contributed by atoms with E-state index in [4.69, 9.17) is 21.1 Å². The number of benzene rings is 2. The highest BCUT2D eigenvalue weighted by Crippen LogP contribution is 2.37. The van der Waals surface area contributed by atoms with Gasteiger partial charge in [-0.25, -0.2) is 8.42 Å². The lowest BCUT2D eigenvalue weighted by Gasteiger charge is -2.31. The van der Waals surface area contributed by atoms with Crippen LogP contribution in [0.25, 0.3) is 10.9 Å². The minimum atomic E-state index is -3.81. The first-order valence-electron chi connectivity index (χ1n) is 8.81. The fourth-order valence-electron chi connectivity index (χ4n) is 3.34. The summed E-state index contributed by atoms with van der Waals surface area (Å²) in [7, 11) is -2.30. The molecule has 28 heavy (non-hydrogen) atoms. The molecule has 2 heterocycles. The van der Waals surface area contributed by atoms with Gasteiger partial charge in [0, 0.05) is 29.7 Å². The number of hydrogen-bond acceptors (Lipinski definition) is 6. The van der Waals surface area contributed by atoms with Crippen molar-refractivity contribution < 1.29 is 17.9 Å². The van der Waals surface area contributed by atoms with E-state index in [-0.39, 0.29) is 9.79 Å². The summed E-state index contributed by atoms with van der Waals surface area (Å²) in [6, 6.07) is 11.8. The van der Waals surface area contributed by atoms with E-state index in [0.717, 1.165) is 5.39 Å². The number of ether oxygens (including phenoxy) is 2. The van der Waals surface area contributed by atoms with Crippen LogP contribution in [-0.4, -0.2) is 46.8 Å². The second kappa shape index (κ2) is 7.58. The summed E-state index contributed by atoms with van der Waals surface area (Å²) in [5.74, 6) is 0.481. The van der Waals surface area contributed by atoms with Crippen LogP contribution in [0.15, 0.2) is 58.5 Å². The summed E-state index contributed by atoms with van der Waals surface area (Å²) in [6.45, 7) is 2.27. The molecule has 0 aliphatic carbocycles. The summed E-state index contributed by atoms with van der Waals surface area (Å²) in [6.07, 6.45) is 1.41. The first-order valence-corrected chi connectivity index (χ1v) is 10.7. The first kappa shape index (κ1) is 19.0. The number of halogens is 1. The highest BCUT2D eigenvalue weighted by atomic mass is 35.5. The number of anilines is 1. The molecule has 146 valence electrons. The Morgan fingerprint density at radius 1 is 1.14 bits per heavy atom. The summed E-state index contributed by atoms with van der Waals surface area (Å²) in [5, 5.41) is 1.30. The average Bonchev–Trinajstić information content (AvgIpc) is 2.73. The Morgan fingerprint density at radius 2 is 1.93 bits per heavy atom. The number of sulfone groups is 1. The number of hydrogen-bond donors (Lipinski definition) is 0. The molecule has 0 atom stereocenters. The molecule has 3 aromatic rings. The molecule has 1 fully saturated rings. The van der Waals surface area contributed by atoms with Gasteiger partial charge in [-0.3, -0.25) is 4.98 Å². The van der Waals surface area contributed by atoms with Gasteiger partial charge in [0.05, 0.1) is 36.4 Å². The van der Waals surface area contributed by atoms with Crippen LogP contribution in [0.4, 0.5) is 5.69 Å². The van der Waals surface area contributed by atoms with E-state index in [9.17, 15) is 8.42 Å². The number of methoxy groups -OCH3 is 1. The molecule has 1 aromatic heterocycles. The maximum atomic E-state index is 13.5. The average molecular weight is 419 g/mol. The molecule has 4 rings (SSSR count). The van der Waals surface area contributed by atoms with E-state index in [0.29, 0.717) is 48.3 Å². The molecular weight excluding hydrogens is 400 g/mol. The number of aromatic nitrogens is 1. The van der Waals surface area contributed by atoms with Crippen LogP contribution in [-0.2, 0) is 14.6 Å². The van der Waals surface area contributed by atoms with E-state index in [1.54, 1.807) is 30.3 Å². The zero-order valence-electron chi connectivity index (χ0n) is 15.3. The van der Waals surface area contributed by atoms with Crippen LogP contribution in [0.3, 0.4) is 0 Å². The van der Waals surface area contributed by atoms with E-state index in [1.165, 1.54) is 19.4 Å². The van der Waals surface area contributed by atoms with Crippen LogP contribution in [0.2, 0.25) is 5.02 Å². The molecular formula is C20H19ClN2O4S. The molecule has 1 aliphatic heterocycles. The molecule has 1 saturated heterocycles. The maximum Gasteiger partial charge on any atom is 0.210 e. The van der Waals surface area contributed by atoms with Crippen molar-refractivity contribution in [3.8, 4) is 5.75 Å². The predicted molar refractivity (Wildman–Crippen MR) is 108 cm³/mol. The predicted octanol–water partition coefficient (Wildman–Crippen LogP) is 3.57. The topological polar surface area (TPSA) is 68.7 Å². The van der Waals surface area contributed by atoms with Crippen molar-refractivity contribution in [2.45, 2.75) is 9.79 Å². The Hall–Kier alpha value is -2.35. The Morgan fingerprint density at radius 3 is 2.68 bits per heavy atom. The summed E-state index contributed by atoms with van der Waals surface area (Å²) >= 11 is 6.11. The van der Waals surface area contributed by atoms with Crippen molar-refractivity contribution in [1.29, 1.82) is 0 Å². The van der Waals surface area contributed by atoms with Gasteiger partial charge in [-0.2, -0.15) is 0 Å². The van der Waals surface area contributed by atoms with Gasteiger partial charge >= 0.3 is 0 Å². The lowest BCUT2D eigenvalue weighted by molar-refractivity contribution is 0.122. The van der Waals surface area contributed by atoms with Gasteiger partial charge in [0.2, 0.25) is 9.84 Å². The zero-order valence-corrected chi connectivity index (χ0v) is 16.8. The second-order valence-electron chi connectivity index (χ2n) is 6.41. The number of rotatable bonds is 4. The number of fused-ring (bicyclic) bond motifs is 1. The number of pyridine rings is 1. The van der Waals surface area contributed by atoms with Gasteiger partial charge in [-0.1, -0.05) is 17.7 Å². The summed E-state index contributed by atoms with van der Waals surface area (Å²) < 4.78 is 37.6. The number of nitrogens with zero attached hydrogens (tertiary/aromatic N) is 2. The molecule has 0 N–H and O–H groups in total. The Labute approximate surface area is 168 Å². The molecule has 0 spiro atoms. The molecule has 0 bridgehead atoms. The molecule has 6 nitrogen and oxygen atoms in total. The van der Waals surface area contributed by atoms with Gasteiger partial charge in [-0.05, 0) is 36.4 Å². The van der Waals surface area contributed by atoms with Gasteiger partial charge < -0.3 is 14.4 Å². The van der Waals surface area contributed by atoms with Gasteiger partial charge in [0.25, 0.3) is 0 Å². The molecule has 8 heteroatoms. The third kappa shape index (κ3) is 3.41. The van der Waals surface area contributed by atoms with E-state index in [1.807, 2.05) is 11.0 Å². The molecule has 1 aliphatic rings. The van der Waals surface area contributed by atoms with Crippen LogP contribution >= 0.6 is 11.6 Å². The largest absolute Gasteiger partial charge is 0.497 e. The van der Waals surface area contributed by atoms with Crippen molar-refractivity contribution in [3.05, 3.63) is 53.7 Å². The fraction of sp³-hybridized carbons (Fsp3) is 0.250. The SMILES string of the molecule is COc1cccc(S(=O)(=O)c2cnc3cc(Cl)ccc3c2N2CCOCC2)c1. The van der Waals surface area contributed by atoms with E-state index in [2.05, 4.69) is 4.98 Å². The maximum absolute atomic E-state index is 13.5. The molecule has 0 radical (unpaired) electrons. The van der Waals surface area contributed by atoms with Gasteiger partial charge in [-0.15, -0.1) is 0 Å². The fourth-order valence-corrected chi connectivity index (χ4v) is 4.97. The summed E-state index contributed by atoms with van der Waals surface area (Å²) in [4.78, 5) is 6.74. The van der Waals surface area contributed by atoms with Crippen LogP contribution in [0.5, 0.6) is 5.75 Å². The third-order valence-electron chi connectivity index (χ3n) is 4.74. The summed E-state index contributed by atoms with van der Waals surface area (Å²) in [5.41, 5.74) is 1.28. The van der Waals surface area contributed by atoms with Crippen molar-refractivity contribution >= 4 is 38.0 Å². The minimum Gasteiger partial charge on any atom is -0.497 e. The zero-order chi connectivity index (χ0) is 19.7. The Kier molecular flexibility index (Phi) is 5.14. The third-order valence-corrected chi connectivity index (χ3v) is 6.72. The minimum absolute atomic E-state index is 0.163. The molecule has 0 unspecified atom stereocenters. The monoisotopic (exact) mass is 418 g/mol. The quantitative estimate of drug-likeness (QED) is 0.645. The van der Waals surface area contributed by atoms with E-state index >= 15 is 0 Å². The van der Waals surface area contributed by atoms with E-state index < -0.39 is 9.84 Å². The highest BCUT2D eigenvalue weighted by molar-refractivity contribution is 7.91. The normalized spacial score (nSPS) is 15.0. The van der Waals surface area contributed by atoms with Crippen molar-refractivity contribution in [2.75, 3.05) is 38.3 Å². The van der Waals surface area contributed by atoms with Crippen LogP contribution in [0.1, 0.15) is 0 Å². The lowest BCUT2D eigenvalue weighted by Crippen LogP contribution is -2.37. The molecule has 0 saturated carbocycles. The standard InChI is InChI=1S/C20H19ClN2O4S/c1-26-15-3-2-4-16(12-15)28(24,25)19-13-22-18-11-14(21)5-6-17(18)20(19)23-7-9-27-10-8-23/h2-6,11-13H,7-10H2,1H3. The number of morpholine rings is 1. The Balaban J connectivity index is 1.96. The molecule has 2 aromatic carbocycles. The van der Waals surface area contributed by atoms with Crippen molar-refractivity contribution in [2.24, 2.45) is 0 Å². The molecule has 0 amide bonds. The van der Waals surface area contributed by atoms with Crippen LogP contribution < -0.4 is 9.64 Å². The lowest BCUT2D eigenvalue weighted by atomic mass is 10.1. The van der Waals surface area contributed by atoms with Gasteiger partial charge in [0.1, 0.15) is 10.6 Å². The van der Waals surface area contributed by atoms with Crippen LogP contribution in [0, 0.1) is 0 Å². The van der Waals surface area contributed by atoms with Crippen molar-refractivity contribution in [1.82, 2.24) is 4.98 Å². The smallest absolute Gasteiger partial charge is 0.210 e. The second-order valence-corrected chi connectivity index (χ2v) is 8.77. The first-order chi connectivity index (χ1) is 13.5. The van der Waals surface area contributed by atoms with Crippen molar-refractivity contribution in [3.63, 3.8) is 0 Å².